The van der Waals surface area contributed by atoms with Crippen molar-refractivity contribution in [2.24, 2.45) is 0 Å². The summed E-state index contributed by atoms with van der Waals surface area (Å²) < 4.78 is 7.87. The third-order valence-corrected chi connectivity index (χ3v) is 6.05. The molecule has 7 nitrogen and oxygen atoms in total. The zero-order valence-corrected chi connectivity index (χ0v) is 20.2. The fraction of sp³-hybridized carbons (Fsp3) is 0.217. The van der Waals surface area contributed by atoms with Crippen LogP contribution in [0.5, 0.6) is 0 Å². The average Bonchev–Trinajstić information content (AvgIpc) is 3.35. The van der Waals surface area contributed by atoms with Crippen LogP contribution >= 0.6 is 27.3 Å². The third-order valence-electron chi connectivity index (χ3n) is 4.63. The molecule has 0 saturated heterocycles. The Labute approximate surface area is 198 Å². The number of aryl methyl sites for hydroxylation is 2. The van der Waals surface area contributed by atoms with Gasteiger partial charge in [0.2, 0.25) is 0 Å². The summed E-state index contributed by atoms with van der Waals surface area (Å²) in [7, 11) is 0. The number of anilines is 1. The smallest absolute Gasteiger partial charge is 0.341 e. The van der Waals surface area contributed by atoms with Gasteiger partial charge >= 0.3 is 5.97 Å². The number of amides is 1. The Kier molecular flexibility index (Phi) is 7.62. The molecule has 1 N–H and O–H groups in total. The second kappa shape index (κ2) is 10.4. The van der Waals surface area contributed by atoms with E-state index in [1.54, 1.807) is 23.2 Å². The molecule has 0 spiro atoms. The Morgan fingerprint density at radius 1 is 1.31 bits per heavy atom. The van der Waals surface area contributed by atoms with E-state index < -0.39 is 11.9 Å². The van der Waals surface area contributed by atoms with Crippen LogP contribution in [0.2, 0.25) is 0 Å². The zero-order chi connectivity index (χ0) is 23.3. The zero-order valence-electron chi connectivity index (χ0n) is 17.8. The third kappa shape index (κ3) is 5.15. The molecule has 32 heavy (non-hydrogen) atoms. The van der Waals surface area contributed by atoms with Gasteiger partial charge in [0.05, 0.1) is 12.3 Å². The van der Waals surface area contributed by atoms with Gasteiger partial charge in [-0.1, -0.05) is 28.1 Å². The minimum Gasteiger partial charge on any atom is -0.462 e. The van der Waals surface area contributed by atoms with Gasteiger partial charge in [0.1, 0.15) is 22.2 Å². The highest BCUT2D eigenvalue weighted by Crippen LogP contribution is 2.37. The van der Waals surface area contributed by atoms with E-state index in [1.807, 2.05) is 44.2 Å². The molecule has 2 aromatic heterocycles. The highest BCUT2D eigenvalue weighted by molar-refractivity contribution is 9.10. The molecule has 0 atom stereocenters. The van der Waals surface area contributed by atoms with Gasteiger partial charge in [0.15, 0.2) is 0 Å². The van der Waals surface area contributed by atoms with Crippen molar-refractivity contribution in [1.82, 2.24) is 9.78 Å². The summed E-state index contributed by atoms with van der Waals surface area (Å²) in [6, 6.07) is 9.42. The number of ether oxygens (including phenoxy) is 1. The number of nitriles is 1. The summed E-state index contributed by atoms with van der Waals surface area (Å²) in [4.78, 5) is 25.6. The Hall–Kier alpha value is -3.22. The van der Waals surface area contributed by atoms with E-state index in [4.69, 9.17) is 4.74 Å². The predicted octanol–water partition coefficient (Wildman–Crippen LogP) is 5.42. The number of rotatable bonds is 7. The molecule has 0 fully saturated rings. The van der Waals surface area contributed by atoms with Crippen LogP contribution in [-0.2, 0) is 16.1 Å². The first-order valence-corrected chi connectivity index (χ1v) is 11.6. The quantitative estimate of drug-likeness (QED) is 0.258. The molecular weight excluding hydrogens is 492 g/mol. The summed E-state index contributed by atoms with van der Waals surface area (Å²) in [6.45, 7) is 6.37. The van der Waals surface area contributed by atoms with E-state index in [0.29, 0.717) is 28.4 Å². The molecule has 164 valence electrons. The maximum absolute atomic E-state index is 12.9. The minimum absolute atomic E-state index is 0.0860. The van der Waals surface area contributed by atoms with Crippen LogP contribution < -0.4 is 5.32 Å². The van der Waals surface area contributed by atoms with Crippen molar-refractivity contribution in [1.29, 1.82) is 5.26 Å². The lowest BCUT2D eigenvalue weighted by molar-refractivity contribution is -0.112. The summed E-state index contributed by atoms with van der Waals surface area (Å²) in [5.41, 5.74) is 3.04. The molecule has 9 heteroatoms. The van der Waals surface area contributed by atoms with Crippen molar-refractivity contribution in [3.63, 3.8) is 0 Å². The summed E-state index contributed by atoms with van der Waals surface area (Å²) in [5.74, 6) is -1.14. The maximum Gasteiger partial charge on any atom is 0.341 e. The van der Waals surface area contributed by atoms with Gasteiger partial charge < -0.3 is 10.1 Å². The maximum atomic E-state index is 12.9. The number of nitrogens with zero attached hydrogens (tertiary/aromatic N) is 3. The van der Waals surface area contributed by atoms with Gasteiger partial charge in [-0.3, -0.25) is 9.48 Å². The first-order chi connectivity index (χ1) is 15.4. The van der Waals surface area contributed by atoms with Crippen LogP contribution in [0.25, 0.3) is 17.2 Å². The first kappa shape index (κ1) is 23.4. The SMILES string of the molecule is CCOC(=O)c1c(-c2ccc(Br)cc2)csc1NC(=O)/C(C#N)=C/c1cn(CC)nc1C. The topological polar surface area (TPSA) is 97.0 Å². The van der Waals surface area contributed by atoms with E-state index in [9.17, 15) is 14.9 Å². The number of esters is 1. The number of hydrogen-bond donors (Lipinski definition) is 1. The van der Waals surface area contributed by atoms with E-state index in [2.05, 4.69) is 26.3 Å². The highest BCUT2D eigenvalue weighted by atomic mass is 79.9. The Bertz CT molecular complexity index is 1220. The monoisotopic (exact) mass is 512 g/mol. The number of aromatic nitrogens is 2. The summed E-state index contributed by atoms with van der Waals surface area (Å²) in [6.07, 6.45) is 3.28. The molecule has 2 heterocycles. The molecule has 0 aliphatic rings. The molecule has 0 unspecified atom stereocenters. The number of nitrogens with one attached hydrogen (secondary N) is 1. The average molecular weight is 513 g/mol. The van der Waals surface area contributed by atoms with Crippen LogP contribution in [0.3, 0.4) is 0 Å². The van der Waals surface area contributed by atoms with Crippen LogP contribution in [0.15, 0.2) is 45.9 Å². The lowest BCUT2D eigenvalue weighted by atomic mass is 10.0. The minimum atomic E-state index is -0.606. The number of benzene rings is 1. The Balaban J connectivity index is 1.96. The largest absolute Gasteiger partial charge is 0.462 e. The number of thiophene rings is 1. The second-order valence-corrected chi connectivity index (χ2v) is 8.53. The molecule has 0 aliphatic heterocycles. The van der Waals surface area contributed by atoms with E-state index in [1.165, 1.54) is 17.4 Å². The van der Waals surface area contributed by atoms with E-state index >= 15 is 0 Å². The van der Waals surface area contributed by atoms with Crippen LogP contribution in [0, 0.1) is 18.3 Å². The lowest BCUT2D eigenvalue weighted by Gasteiger charge is -2.09. The molecule has 1 amide bonds. The predicted molar refractivity (Wildman–Crippen MR) is 128 cm³/mol. The second-order valence-electron chi connectivity index (χ2n) is 6.73. The van der Waals surface area contributed by atoms with E-state index in [-0.39, 0.29) is 17.7 Å². The number of carbonyl (C=O) groups is 2. The van der Waals surface area contributed by atoms with Gasteiger partial charge in [0, 0.05) is 33.7 Å². The molecular formula is C23H21BrN4O3S. The molecule has 0 bridgehead atoms. The highest BCUT2D eigenvalue weighted by Gasteiger charge is 2.24. The van der Waals surface area contributed by atoms with Gasteiger partial charge in [-0.15, -0.1) is 11.3 Å². The van der Waals surface area contributed by atoms with Crippen LogP contribution in [-0.4, -0.2) is 28.3 Å². The van der Waals surface area contributed by atoms with Crippen molar-refractivity contribution in [2.45, 2.75) is 27.3 Å². The van der Waals surface area contributed by atoms with Gasteiger partial charge in [0.25, 0.3) is 5.91 Å². The van der Waals surface area contributed by atoms with Crippen molar-refractivity contribution in [2.75, 3.05) is 11.9 Å². The lowest BCUT2D eigenvalue weighted by Crippen LogP contribution is -2.16. The van der Waals surface area contributed by atoms with Crippen molar-refractivity contribution < 1.29 is 14.3 Å². The van der Waals surface area contributed by atoms with Crippen LogP contribution in [0.4, 0.5) is 5.00 Å². The van der Waals surface area contributed by atoms with Crippen molar-refractivity contribution in [3.8, 4) is 17.2 Å². The summed E-state index contributed by atoms with van der Waals surface area (Å²) in [5, 5.41) is 18.7. The molecule has 1 aromatic carbocycles. The van der Waals surface area contributed by atoms with Gasteiger partial charge in [-0.25, -0.2) is 4.79 Å². The molecule has 0 saturated carbocycles. The normalized spacial score (nSPS) is 11.2. The van der Waals surface area contributed by atoms with Gasteiger partial charge in [-0.2, -0.15) is 10.4 Å². The molecule has 0 radical (unpaired) electrons. The Morgan fingerprint density at radius 2 is 2.03 bits per heavy atom. The van der Waals surface area contributed by atoms with Crippen LogP contribution in [0.1, 0.15) is 35.5 Å². The van der Waals surface area contributed by atoms with E-state index in [0.717, 1.165) is 10.0 Å². The Morgan fingerprint density at radius 3 is 2.62 bits per heavy atom. The fourth-order valence-electron chi connectivity index (χ4n) is 3.01. The van der Waals surface area contributed by atoms with Gasteiger partial charge in [-0.05, 0) is 44.5 Å². The number of hydrogen-bond acceptors (Lipinski definition) is 6. The number of halogens is 1. The standard InChI is InChI=1S/C23H21BrN4O3S/c1-4-28-12-17(14(3)27-28)10-16(11-25)21(29)26-22-20(23(30)31-5-2)19(13-32-22)15-6-8-18(24)9-7-15/h6-10,12-13H,4-5H2,1-3H3,(H,26,29)/b16-10+. The van der Waals surface area contributed by atoms with Crippen molar-refractivity contribution in [3.05, 3.63) is 62.7 Å². The van der Waals surface area contributed by atoms with Crippen molar-refractivity contribution >= 4 is 50.2 Å². The molecule has 0 aliphatic carbocycles. The number of carbonyl (C=O) groups excluding carboxylic acids is 2. The fourth-order valence-corrected chi connectivity index (χ4v) is 4.23. The first-order valence-electron chi connectivity index (χ1n) is 9.89. The molecule has 3 aromatic rings. The molecule has 3 rings (SSSR count). The summed E-state index contributed by atoms with van der Waals surface area (Å²) >= 11 is 4.61.